The molecule has 3 rings (SSSR count). The quantitative estimate of drug-likeness (QED) is 0.857. The predicted octanol–water partition coefficient (Wildman–Crippen LogP) is 0.698. The summed E-state index contributed by atoms with van der Waals surface area (Å²) in [6.45, 7) is 2.07. The topological polar surface area (TPSA) is 79.9 Å². The molecular weight excluding hydrogens is 274 g/mol. The summed E-state index contributed by atoms with van der Waals surface area (Å²) in [5.74, 6) is 0.890. The van der Waals surface area contributed by atoms with Crippen molar-refractivity contribution in [3.8, 4) is 11.5 Å². The molecule has 0 saturated heterocycles. The molecule has 2 amide bonds. The van der Waals surface area contributed by atoms with Gasteiger partial charge in [0.05, 0.1) is 11.4 Å². The van der Waals surface area contributed by atoms with Crippen molar-refractivity contribution in [2.24, 2.45) is 0 Å². The zero-order valence-corrected chi connectivity index (χ0v) is 11.9. The number of amides is 2. The highest BCUT2D eigenvalue weighted by Crippen LogP contribution is 2.43. The van der Waals surface area contributed by atoms with E-state index in [1.807, 2.05) is 13.0 Å². The maximum atomic E-state index is 12.5. The van der Waals surface area contributed by atoms with Crippen LogP contribution >= 0.6 is 0 Å². The molecule has 0 aromatic heterocycles. The minimum absolute atomic E-state index is 0.0137. The zero-order chi connectivity index (χ0) is 15.0. The molecule has 0 radical (unpaired) electrons. The summed E-state index contributed by atoms with van der Waals surface area (Å²) in [6.07, 6.45) is 0.636. The number of hydrogen-bond donors (Lipinski definition) is 2. The van der Waals surface area contributed by atoms with Gasteiger partial charge in [0.2, 0.25) is 18.6 Å². The first-order valence-corrected chi connectivity index (χ1v) is 6.86. The molecule has 1 aromatic carbocycles. The highest BCUT2D eigenvalue weighted by molar-refractivity contribution is 6.08. The molecule has 2 N–H and O–H groups in total. The SMILES string of the molecule is CCC1Nc2cc3c(cc2N(CC(=O)NC)C1=O)OCO3. The molecule has 2 heterocycles. The Morgan fingerprint density at radius 2 is 2.14 bits per heavy atom. The summed E-state index contributed by atoms with van der Waals surface area (Å²) < 4.78 is 10.7. The first-order valence-electron chi connectivity index (χ1n) is 6.86. The molecular formula is C14H17N3O4. The number of benzene rings is 1. The van der Waals surface area contributed by atoms with Gasteiger partial charge in [-0.25, -0.2) is 0 Å². The highest BCUT2D eigenvalue weighted by atomic mass is 16.7. The van der Waals surface area contributed by atoms with Crippen molar-refractivity contribution in [1.29, 1.82) is 0 Å². The van der Waals surface area contributed by atoms with E-state index < -0.39 is 0 Å². The normalized spacial score (nSPS) is 19.0. The number of nitrogens with one attached hydrogen (secondary N) is 2. The van der Waals surface area contributed by atoms with Gasteiger partial charge < -0.3 is 20.1 Å². The maximum Gasteiger partial charge on any atom is 0.250 e. The summed E-state index contributed by atoms with van der Waals surface area (Å²) in [5.41, 5.74) is 1.41. The van der Waals surface area contributed by atoms with E-state index in [1.54, 1.807) is 13.1 Å². The van der Waals surface area contributed by atoms with Crippen LogP contribution in [0.5, 0.6) is 11.5 Å². The smallest absolute Gasteiger partial charge is 0.250 e. The van der Waals surface area contributed by atoms with E-state index in [0.29, 0.717) is 23.6 Å². The molecule has 7 heteroatoms. The molecule has 2 aliphatic heterocycles. The number of likely N-dealkylation sites (N-methyl/N-ethyl adjacent to an activating group) is 1. The molecule has 0 fully saturated rings. The summed E-state index contributed by atoms with van der Waals surface area (Å²) >= 11 is 0. The fourth-order valence-electron chi connectivity index (χ4n) is 2.49. The summed E-state index contributed by atoms with van der Waals surface area (Å²) in [4.78, 5) is 25.7. The molecule has 2 aliphatic rings. The second-order valence-electron chi connectivity index (χ2n) is 4.93. The highest BCUT2D eigenvalue weighted by Gasteiger charge is 2.34. The summed E-state index contributed by atoms with van der Waals surface area (Å²) in [7, 11) is 1.55. The van der Waals surface area contributed by atoms with Crippen molar-refractivity contribution in [1.82, 2.24) is 5.32 Å². The summed E-state index contributed by atoms with van der Waals surface area (Å²) in [6, 6.07) is 3.20. The van der Waals surface area contributed by atoms with Gasteiger partial charge in [-0.15, -0.1) is 0 Å². The minimum Gasteiger partial charge on any atom is -0.454 e. The van der Waals surface area contributed by atoms with Gasteiger partial charge in [-0.2, -0.15) is 0 Å². The van der Waals surface area contributed by atoms with E-state index >= 15 is 0 Å². The van der Waals surface area contributed by atoms with Crippen molar-refractivity contribution < 1.29 is 19.1 Å². The first kappa shape index (κ1) is 13.5. The Hall–Kier alpha value is -2.44. The lowest BCUT2D eigenvalue weighted by atomic mass is 10.1. The average molecular weight is 291 g/mol. The van der Waals surface area contributed by atoms with E-state index in [9.17, 15) is 9.59 Å². The van der Waals surface area contributed by atoms with Crippen LogP contribution in [0.4, 0.5) is 11.4 Å². The van der Waals surface area contributed by atoms with Crippen molar-refractivity contribution in [2.45, 2.75) is 19.4 Å². The van der Waals surface area contributed by atoms with Crippen LogP contribution in [0.3, 0.4) is 0 Å². The third-order valence-electron chi connectivity index (χ3n) is 3.66. The van der Waals surface area contributed by atoms with Gasteiger partial charge in [-0.3, -0.25) is 14.5 Å². The minimum atomic E-state index is -0.345. The third kappa shape index (κ3) is 2.24. The number of carbonyl (C=O) groups excluding carboxylic acids is 2. The number of ether oxygens (including phenoxy) is 2. The molecule has 1 aromatic rings. The molecule has 0 bridgehead atoms. The van der Waals surface area contributed by atoms with Crippen LogP contribution in [0.2, 0.25) is 0 Å². The largest absolute Gasteiger partial charge is 0.454 e. The standard InChI is InChI=1S/C14H17N3O4/c1-3-8-14(19)17(6-13(18)15-2)10-5-12-11(20-7-21-12)4-9(10)16-8/h4-5,8,16H,3,6-7H2,1-2H3,(H,15,18). The van der Waals surface area contributed by atoms with Gasteiger partial charge in [0.15, 0.2) is 11.5 Å². The van der Waals surface area contributed by atoms with Crippen LogP contribution in [0.25, 0.3) is 0 Å². The lowest BCUT2D eigenvalue weighted by Crippen LogP contribution is -2.50. The van der Waals surface area contributed by atoms with E-state index in [1.165, 1.54) is 4.90 Å². The molecule has 7 nitrogen and oxygen atoms in total. The van der Waals surface area contributed by atoms with Gasteiger partial charge >= 0.3 is 0 Å². The molecule has 1 atom stereocenters. The number of nitrogens with zero attached hydrogens (tertiary/aromatic N) is 1. The van der Waals surface area contributed by atoms with Crippen LogP contribution in [0.1, 0.15) is 13.3 Å². The van der Waals surface area contributed by atoms with Crippen molar-refractivity contribution in [3.63, 3.8) is 0 Å². The fourth-order valence-corrected chi connectivity index (χ4v) is 2.49. The Kier molecular flexibility index (Phi) is 3.32. The van der Waals surface area contributed by atoms with Gasteiger partial charge in [0.1, 0.15) is 12.6 Å². The Labute approximate surface area is 122 Å². The lowest BCUT2D eigenvalue weighted by Gasteiger charge is -2.34. The predicted molar refractivity (Wildman–Crippen MR) is 76.7 cm³/mol. The monoisotopic (exact) mass is 291 g/mol. The van der Waals surface area contributed by atoms with Crippen LogP contribution in [-0.4, -0.2) is 38.2 Å². The molecule has 0 spiro atoms. The summed E-state index contributed by atoms with van der Waals surface area (Å²) in [5, 5.41) is 5.73. The number of anilines is 2. The van der Waals surface area contributed by atoms with Crippen LogP contribution in [0.15, 0.2) is 12.1 Å². The van der Waals surface area contributed by atoms with Gasteiger partial charge in [-0.1, -0.05) is 6.92 Å². The van der Waals surface area contributed by atoms with Crippen LogP contribution in [-0.2, 0) is 9.59 Å². The Balaban J connectivity index is 2.02. The fraction of sp³-hybridized carbons (Fsp3) is 0.429. The van der Waals surface area contributed by atoms with Crippen molar-refractivity contribution in [3.05, 3.63) is 12.1 Å². The molecule has 1 unspecified atom stereocenters. The molecule has 21 heavy (non-hydrogen) atoms. The van der Waals surface area contributed by atoms with Crippen molar-refractivity contribution in [2.75, 3.05) is 30.6 Å². The maximum absolute atomic E-state index is 12.5. The zero-order valence-electron chi connectivity index (χ0n) is 11.9. The van der Waals surface area contributed by atoms with Gasteiger partial charge in [-0.05, 0) is 6.42 Å². The van der Waals surface area contributed by atoms with E-state index in [4.69, 9.17) is 9.47 Å². The third-order valence-corrected chi connectivity index (χ3v) is 3.66. The average Bonchev–Trinajstić information content (AvgIpc) is 2.94. The van der Waals surface area contributed by atoms with Gasteiger partial charge in [0.25, 0.3) is 0 Å². The molecule has 112 valence electrons. The van der Waals surface area contributed by atoms with Gasteiger partial charge in [0, 0.05) is 19.2 Å². The van der Waals surface area contributed by atoms with Crippen LogP contribution in [0, 0.1) is 0 Å². The Morgan fingerprint density at radius 1 is 1.43 bits per heavy atom. The Bertz CT molecular complexity index is 602. The van der Waals surface area contributed by atoms with E-state index in [0.717, 1.165) is 5.69 Å². The van der Waals surface area contributed by atoms with E-state index in [2.05, 4.69) is 10.6 Å². The lowest BCUT2D eigenvalue weighted by molar-refractivity contribution is -0.124. The number of hydrogen-bond acceptors (Lipinski definition) is 5. The first-order chi connectivity index (χ1) is 10.1. The number of carbonyl (C=O) groups is 2. The van der Waals surface area contributed by atoms with E-state index in [-0.39, 0.29) is 31.2 Å². The number of rotatable bonds is 3. The van der Waals surface area contributed by atoms with Crippen molar-refractivity contribution >= 4 is 23.2 Å². The second-order valence-corrected chi connectivity index (χ2v) is 4.93. The second kappa shape index (κ2) is 5.16. The van der Waals surface area contributed by atoms with Crippen LogP contribution < -0.4 is 25.0 Å². The number of fused-ring (bicyclic) bond motifs is 2. The Morgan fingerprint density at radius 3 is 2.81 bits per heavy atom. The molecule has 0 saturated carbocycles. The molecule has 0 aliphatic carbocycles.